The Morgan fingerprint density at radius 2 is 1.93 bits per heavy atom. The number of rotatable bonds is 4. The summed E-state index contributed by atoms with van der Waals surface area (Å²) in [6.07, 6.45) is 0.697. The van der Waals surface area contributed by atoms with Gasteiger partial charge in [-0.15, -0.1) is 0 Å². The average molecular weight is 385 g/mol. The third-order valence-corrected chi connectivity index (χ3v) is 4.34. The summed E-state index contributed by atoms with van der Waals surface area (Å²) in [4.78, 5) is 16.5. The Kier molecular flexibility index (Phi) is 4.37. The second-order valence-electron chi connectivity index (χ2n) is 6.93. The van der Waals surface area contributed by atoms with Crippen LogP contribution in [0.5, 0.6) is 11.5 Å². The fraction of sp³-hybridized carbons (Fsp3) is 0.238. The first-order chi connectivity index (χ1) is 13.3. The predicted molar refractivity (Wildman–Crippen MR) is 97.6 cm³/mol. The third-order valence-electron chi connectivity index (χ3n) is 4.34. The number of esters is 1. The van der Waals surface area contributed by atoms with Crippen molar-refractivity contribution in [3.63, 3.8) is 0 Å². The zero-order valence-corrected chi connectivity index (χ0v) is 15.2. The molecule has 0 saturated carbocycles. The minimum absolute atomic E-state index is 0.000386. The Hall–Kier alpha value is -3.22. The molecule has 0 atom stereocenters. The fourth-order valence-corrected chi connectivity index (χ4v) is 3.08. The van der Waals surface area contributed by atoms with Crippen molar-refractivity contribution in [2.24, 2.45) is 0 Å². The Morgan fingerprint density at radius 1 is 1.11 bits per heavy atom. The van der Waals surface area contributed by atoms with E-state index in [0.29, 0.717) is 0 Å². The van der Waals surface area contributed by atoms with Crippen LogP contribution in [-0.2, 0) is 11.3 Å². The third kappa shape index (κ3) is 3.47. The summed E-state index contributed by atoms with van der Waals surface area (Å²) in [5.74, 6) is -1.89. The van der Waals surface area contributed by atoms with E-state index in [-0.39, 0.29) is 29.2 Å². The SMILES string of the molecule is CC1(C)OC(=O)c2c(OCc3ccc4ccncc4c3)cc(C(F)F)cc2O1. The zero-order chi connectivity index (χ0) is 19.9. The smallest absolute Gasteiger partial charge is 0.349 e. The fourth-order valence-electron chi connectivity index (χ4n) is 3.08. The van der Waals surface area contributed by atoms with E-state index in [2.05, 4.69) is 4.98 Å². The van der Waals surface area contributed by atoms with Crippen LogP contribution in [0.1, 0.15) is 41.8 Å². The molecule has 28 heavy (non-hydrogen) atoms. The van der Waals surface area contributed by atoms with Crippen molar-refractivity contribution in [3.05, 3.63) is 65.5 Å². The number of cyclic esters (lactones) is 1. The number of pyridine rings is 1. The first-order valence-electron chi connectivity index (χ1n) is 8.66. The molecule has 0 N–H and O–H groups in total. The van der Waals surface area contributed by atoms with Gasteiger partial charge in [-0.2, -0.15) is 0 Å². The quantitative estimate of drug-likeness (QED) is 0.589. The van der Waals surface area contributed by atoms with Crippen molar-refractivity contribution in [1.29, 1.82) is 0 Å². The summed E-state index contributed by atoms with van der Waals surface area (Å²) >= 11 is 0. The van der Waals surface area contributed by atoms with E-state index < -0.39 is 18.2 Å². The molecule has 2 aromatic carbocycles. The molecule has 0 radical (unpaired) electrons. The minimum atomic E-state index is -2.73. The first-order valence-corrected chi connectivity index (χ1v) is 8.66. The van der Waals surface area contributed by atoms with Gasteiger partial charge in [0.2, 0.25) is 5.79 Å². The average Bonchev–Trinajstić information content (AvgIpc) is 2.64. The Labute approximate surface area is 159 Å². The summed E-state index contributed by atoms with van der Waals surface area (Å²) in [7, 11) is 0. The molecule has 1 aliphatic rings. The molecule has 0 unspecified atom stereocenters. The lowest BCUT2D eigenvalue weighted by atomic mass is 10.1. The maximum atomic E-state index is 13.3. The second kappa shape index (κ2) is 6.74. The molecule has 0 fully saturated rings. The number of nitrogens with zero attached hydrogens (tertiary/aromatic N) is 1. The number of carbonyl (C=O) groups is 1. The van der Waals surface area contributed by atoms with Crippen molar-refractivity contribution in [2.45, 2.75) is 32.7 Å². The molecule has 3 aromatic rings. The number of carbonyl (C=O) groups excluding carboxylic acids is 1. The Balaban J connectivity index is 1.68. The number of benzene rings is 2. The van der Waals surface area contributed by atoms with Crippen LogP contribution in [0.4, 0.5) is 8.78 Å². The topological polar surface area (TPSA) is 57.7 Å². The van der Waals surface area contributed by atoms with E-state index in [1.54, 1.807) is 12.4 Å². The Morgan fingerprint density at radius 3 is 2.71 bits per heavy atom. The van der Waals surface area contributed by atoms with Gasteiger partial charge >= 0.3 is 5.97 Å². The van der Waals surface area contributed by atoms with Gasteiger partial charge in [0.05, 0.1) is 0 Å². The van der Waals surface area contributed by atoms with Gasteiger partial charge < -0.3 is 14.2 Å². The van der Waals surface area contributed by atoms with Crippen molar-refractivity contribution in [1.82, 2.24) is 4.98 Å². The van der Waals surface area contributed by atoms with Crippen molar-refractivity contribution < 1.29 is 27.8 Å². The van der Waals surface area contributed by atoms with Crippen LogP contribution in [-0.4, -0.2) is 16.7 Å². The van der Waals surface area contributed by atoms with Crippen LogP contribution in [0.2, 0.25) is 0 Å². The predicted octanol–water partition coefficient (Wildman–Crippen LogP) is 5.04. The maximum Gasteiger partial charge on any atom is 0.349 e. The highest BCUT2D eigenvalue weighted by Crippen LogP contribution is 2.40. The van der Waals surface area contributed by atoms with E-state index >= 15 is 0 Å². The van der Waals surface area contributed by atoms with Gasteiger partial charge in [-0.1, -0.05) is 12.1 Å². The van der Waals surface area contributed by atoms with Crippen LogP contribution in [0.25, 0.3) is 10.8 Å². The van der Waals surface area contributed by atoms with Gasteiger partial charge in [0.1, 0.15) is 23.7 Å². The first kappa shape index (κ1) is 18.2. The largest absolute Gasteiger partial charge is 0.488 e. The number of alkyl halides is 2. The molecule has 4 rings (SSSR count). The molecule has 1 aromatic heterocycles. The molecule has 0 saturated heterocycles. The normalized spacial score (nSPS) is 15.1. The summed E-state index contributed by atoms with van der Waals surface area (Å²) in [5, 5.41) is 1.95. The molecule has 0 spiro atoms. The van der Waals surface area contributed by atoms with Crippen LogP contribution in [0.3, 0.4) is 0 Å². The van der Waals surface area contributed by atoms with Crippen molar-refractivity contribution in [2.75, 3.05) is 0 Å². The maximum absolute atomic E-state index is 13.3. The van der Waals surface area contributed by atoms with E-state index in [0.717, 1.165) is 28.5 Å². The molecular weight excluding hydrogens is 368 g/mol. The lowest BCUT2D eigenvalue weighted by Gasteiger charge is -2.32. The Bertz CT molecular complexity index is 1070. The van der Waals surface area contributed by atoms with Crippen LogP contribution in [0.15, 0.2) is 48.8 Å². The number of halogens is 2. The number of hydrogen-bond donors (Lipinski definition) is 0. The summed E-state index contributed by atoms with van der Waals surface area (Å²) in [5.41, 5.74) is 0.523. The molecule has 2 heterocycles. The monoisotopic (exact) mass is 385 g/mol. The molecule has 1 aliphatic heterocycles. The number of fused-ring (bicyclic) bond motifs is 2. The van der Waals surface area contributed by atoms with E-state index in [9.17, 15) is 13.6 Å². The zero-order valence-electron chi connectivity index (χ0n) is 15.2. The molecule has 5 nitrogen and oxygen atoms in total. The van der Waals surface area contributed by atoms with Gasteiger partial charge in [0, 0.05) is 37.2 Å². The van der Waals surface area contributed by atoms with E-state index in [4.69, 9.17) is 14.2 Å². The van der Waals surface area contributed by atoms with Gasteiger partial charge in [0.25, 0.3) is 6.43 Å². The van der Waals surface area contributed by atoms with Crippen LogP contribution < -0.4 is 9.47 Å². The lowest BCUT2D eigenvalue weighted by Crippen LogP contribution is -2.39. The van der Waals surface area contributed by atoms with E-state index in [1.807, 2.05) is 24.3 Å². The number of aromatic nitrogens is 1. The van der Waals surface area contributed by atoms with Crippen molar-refractivity contribution in [3.8, 4) is 11.5 Å². The van der Waals surface area contributed by atoms with Crippen LogP contribution >= 0.6 is 0 Å². The highest BCUT2D eigenvalue weighted by molar-refractivity contribution is 5.97. The summed E-state index contributed by atoms with van der Waals surface area (Å²) in [6.45, 7) is 3.15. The van der Waals surface area contributed by atoms with Gasteiger partial charge in [-0.3, -0.25) is 4.98 Å². The number of hydrogen-bond acceptors (Lipinski definition) is 5. The summed E-state index contributed by atoms with van der Waals surface area (Å²) < 4.78 is 43.1. The molecule has 0 bridgehead atoms. The second-order valence-corrected chi connectivity index (χ2v) is 6.93. The van der Waals surface area contributed by atoms with Gasteiger partial charge in [-0.05, 0) is 35.2 Å². The highest BCUT2D eigenvalue weighted by Gasteiger charge is 2.37. The van der Waals surface area contributed by atoms with E-state index in [1.165, 1.54) is 13.8 Å². The molecule has 7 heteroatoms. The minimum Gasteiger partial charge on any atom is -0.488 e. The molecule has 0 aliphatic carbocycles. The number of ether oxygens (including phenoxy) is 3. The van der Waals surface area contributed by atoms with Crippen LogP contribution in [0, 0.1) is 0 Å². The van der Waals surface area contributed by atoms with Gasteiger partial charge in [0.15, 0.2) is 0 Å². The standard InChI is InChI=1S/C21H17F2NO4/c1-21(2)27-17-9-14(19(22)23)8-16(18(17)20(25)28-21)26-11-12-3-4-13-5-6-24-10-15(13)7-12/h3-10,19H,11H2,1-2H3. The highest BCUT2D eigenvalue weighted by atomic mass is 19.3. The molecular formula is C21H17F2NO4. The molecule has 0 amide bonds. The summed E-state index contributed by atoms with van der Waals surface area (Å²) in [6, 6.07) is 9.86. The van der Waals surface area contributed by atoms with Crippen molar-refractivity contribution >= 4 is 16.7 Å². The van der Waals surface area contributed by atoms with Gasteiger partial charge in [-0.25, -0.2) is 13.6 Å². The molecule has 144 valence electrons. The lowest BCUT2D eigenvalue weighted by molar-refractivity contribution is -0.127.